The van der Waals surface area contributed by atoms with Crippen molar-refractivity contribution >= 4 is 33.2 Å². The minimum Gasteiger partial charge on any atom is -0.456 e. The van der Waals surface area contributed by atoms with Crippen LogP contribution >= 0.6 is 11.3 Å². The number of aromatic nitrogens is 1. The number of nitrogen functional groups attached to an aromatic ring is 1. The van der Waals surface area contributed by atoms with Crippen molar-refractivity contribution < 1.29 is 9.53 Å². The number of ether oxygens (including phenoxy) is 1. The van der Waals surface area contributed by atoms with Crippen LogP contribution in [-0.2, 0) is 10.2 Å². The first-order valence-electron chi connectivity index (χ1n) is 6.92. The van der Waals surface area contributed by atoms with Crippen LogP contribution in [0.4, 0.5) is 5.69 Å². The van der Waals surface area contributed by atoms with Gasteiger partial charge in [0.15, 0.2) is 0 Å². The Kier molecular flexibility index (Phi) is 3.74. The van der Waals surface area contributed by atoms with Crippen LogP contribution < -0.4 is 5.73 Å². The molecular weight excluding hydrogens is 284 g/mol. The maximum atomic E-state index is 12.2. The van der Waals surface area contributed by atoms with Gasteiger partial charge in [0.1, 0.15) is 15.3 Å². The van der Waals surface area contributed by atoms with Crippen molar-refractivity contribution in [2.45, 2.75) is 52.6 Å². The lowest BCUT2D eigenvalue weighted by Crippen LogP contribution is -2.23. The summed E-state index contributed by atoms with van der Waals surface area (Å²) in [6.45, 7) is 11.8. The Morgan fingerprint density at radius 1 is 1.19 bits per heavy atom. The third kappa shape index (κ3) is 3.35. The van der Waals surface area contributed by atoms with Gasteiger partial charge in [0, 0.05) is 16.5 Å². The van der Waals surface area contributed by atoms with Gasteiger partial charge in [0.05, 0.1) is 5.69 Å². The van der Waals surface area contributed by atoms with Gasteiger partial charge >= 0.3 is 5.97 Å². The number of hydrogen-bond donors (Lipinski definition) is 1. The molecule has 2 N–H and O–H groups in total. The Morgan fingerprint density at radius 2 is 1.81 bits per heavy atom. The summed E-state index contributed by atoms with van der Waals surface area (Å²) >= 11 is 1.29. The number of rotatable bonds is 1. The minimum absolute atomic E-state index is 0.0426. The van der Waals surface area contributed by atoms with Crippen LogP contribution in [0.3, 0.4) is 0 Å². The molecule has 0 atom stereocenters. The number of nitrogens with zero attached hydrogens (tertiary/aromatic N) is 1. The molecule has 0 aromatic carbocycles. The number of pyridine rings is 1. The molecule has 114 valence electrons. The molecule has 0 aliphatic rings. The molecule has 5 heteroatoms. The summed E-state index contributed by atoms with van der Waals surface area (Å²) in [6.07, 6.45) is 0. The maximum Gasteiger partial charge on any atom is 0.351 e. The summed E-state index contributed by atoms with van der Waals surface area (Å²) in [7, 11) is 0. The normalized spacial score (nSPS) is 12.7. The van der Waals surface area contributed by atoms with E-state index < -0.39 is 5.60 Å². The van der Waals surface area contributed by atoms with Crippen molar-refractivity contribution in [3.63, 3.8) is 0 Å². The van der Waals surface area contributed by atoms with Crippen molar-refractivity contribution in [3.8, 4) is 0 Å². The Bertz CT molecular complexity index is 691. The highest BCUT2D eigenvalue weighted by Gasteiger charge is 2.24. The number of fused-ring (bicyclic) bond motifs is 1. The summed E-state index contributed by atoms with van der Waals surface area (Å²) in [5.41, 5.74) is 6.94. The molecule has 4 nitrogen and oxygen atoms in total. The highest BCUT2D eigenvalue weighted by molar-refractivity contribution is 7.21. The van der Waals surface area contributed by atoms with Crippen LogP contribution in [0.2, 0.25) is 0 Å². The van der Waals surface area contributed by atoms with Gasteiger partial charge in [-0.25, -0.2) is 9.78 Å². The van der Waals surface area contributed by atoms with Gasteiger partial charge in [0.25, 0.3) is 0 Å². The van der Waals surface area contributed by atoms with E-state index >= 15 is 0 Å². The fraction of sp³-hybridized carbons (Fsp3) is 0.500. The molecule has 2 heterocycles. The molecule has 0 radical (unpaired) electrons. The number of nitrogens with two attached hydrogens (primary N) is 1. The van der Waals surface area contributed by atoms with E-state index in [4.69, 9.17) is 10.5 Å². The van der Waals surface area contributed by atoms with Gasteiger partial charge < -0.3 is 10.5 Å². The molecule has 2 aromatic rings. The lowest BCUT2D eigenvalue weighted by molar-refractivity contribution is 0.00764. The predicted molar refractivity (Wildman–Crippen MR) is 87.9 cm³/mol. The fourth-order valence-corrected chi connectivity index (χ4v) is 2.86. The first kappa shape index (κ1) is 15.8. The van der Waals surface area contributed by atoms with E-state index in [1.165, 1.54) is 11.3 Å². The number of hydrogen-bond acceptors (Lipinski definition) is 5. The quantitative estimate of drug-likeness (QED) is 0.804. The number of carbonyl (C=O) groups is 1. The highest BCUT2D eigenvalue weighted by Crippen LogP contribution is 2.35. The number of esters is 1. The van der Waals surface area contributed by atoms with Crippen molar-refractivity contribution in [3.05, 3.63) is 22.7 Å². The Hall–Kier alpha value is -1.62. The maximum absolute atomic E-state index is 12.2. The van der Waals surface area contributed by atoms with E-state index in [2.05, 4.69) is 25.8 Å². The predicted octanol–water partition coefficient (Wildman–Crippen LogP) is 4.13. The van der Waals surface area contributed by atoms with E-state index in [0.717, 1.165) is 15.9 Å². The lowest BCUT2D eigenvalue weighted by atomic mass is 9.91. The summed E-state index contributed by atoms with van der Waals surface area (Å²) in [5.74, 6) is -0.389. The van der Waals surface area contributed by atoms with Crippen LogP contribution in [0.15, 0.2) is 12.1 Å². The van der Waals surface area contributed by atoms with Gasteiger partial charge in [0.2, 0.25) is 0 Å². The molecule has 0 bridgehead atoms. The number of thiophene rings is 1. The molecule has 2 aromatic heterocycles. The summed E-state index contributed by atoms with van der Waals surface area (Å²) < 4.78 is 5.40. The van der Waals surface area contributed by atoms with Crippen LogP contribution in [0.5, 0.6) is 0 Å². The summed E-state index contributed by atoms with van der Waals surface area (Å²) in [5, 5.41) is 0.814. The fourth-order valence-electron chi connectivity index (χ4n) is 1.89. The molecule has 21 heavy (non-hydrogen) atoms. The average Bonchev–Trinajstić information content (AvgIpc) is 2.63. The topological polar surface area (TPSA) is 65.2 Å². The monoisotopic (exact) mass is 306 g/mol. The molecule has 2 rings (SSSR count). The Morgan fingerprint density at radius 3 is 2.33 bits per heavy atom. The molecular formula is C16H22N2O2S. The molecule has 0 aliphatic carbocycles. The van der Waals surface area contributed by atoms with Crippen molar-refractivity contribution in [2.24, 2.45) is 0 Å². The molecule has 0 saturated heterocycles. The van der Waals surface area contributed by atoms with E-state index in [-0.39, 0.29) is 11.4 Å². The zero-order valence-corrected chi connectivity index (χ0v) is 14.2. The largest absolute Gasteiger partial charge is 0.456 e. The third-order valence-corrected chi connectivity index (χ3v) is 4.04. The Balaban J connectivity index is 2.48. The highest BCUT2D eigenvalue weighted by atomic mass is 32.1. The smallest absolute Gasteiger partial charge is 0.351 e. The summed E-state index contributed by atoms with van der Waals surface area (Å²) in [4.78, 5) is 18.1. The molecule has 0 unspecified atom stereocenters. The first-order valence-corrected chi connectivity index (χ1v) is 7.73. The van der Waals surface area contributed by atoms with Gasteiger partial charge in [-0.05, 0) is 32.9 Å². The molecule has 0 amide bonds. The van der Waals surface area contributed by atoms with E-state index in [1.807, 2.05) is 32.9 Å². The van der Waals surface area contributed by atoms with Crippen molar-refractivity contribution in [1.29, 1.82) is 0 Å². The number of anilines is 1. The van der Waals surface area contributed by atoms with Crippen molar-refractivity contribution in [2.75, 3.05) is 5.73 Å². The van der Waals surface area contributed by atoms with E-state index in [9.17, 15) is 4.79 Å². The standard InChI is InChI=1S/C16H22N2O2S/c1-15(2,3)10-8-7-9-11(17)12(21-13(9)18-10)14(19)20-16(4,5)6/h7-8H,17H2,1-6H3. The summed E-state index contributed by atoms with van der Waals surface area (Å²) in [6, 6.07) is 3.90. The van der Waals surface area contributed by atoms with Crippen LogP contribution in [0, 0.1) is 0 Å². The second kappa shape index (κ2) is 4.98. The minimum atomic E-state index is -0.538. The van der Waals surface area contributed by atoms with Crippen LogP contribution in [0.1, 0.15) is 56.9 Å². The Labute approximate surface area is 129 Å². The van der Waals surface area contributed by atoms with Crippen molar-refractivity contribution in [1.82, 2.24) is 4.98 Å². The second-order valence-corrected chi connectivity index (χ2v) is 8.15. The average molecular weight is 306 g/mol. The van der Waals surface area contributed by atoms with E-state index in [0.29, 0.717) is 10.6 Å². The van der Waals surface area contributed by atoms with Crippen LogP contribution in [-0.4, -0.2) is 16.6 Å². The first-order chi connectivity index (χ1) is 9.49. The van der Waals surface area contributed by atoms with Gasteiger partial charge in [-0.1, -0.05) is 20.8 Å². The van der Waals surface area contributed by atoms with Gasteiger partial charge in [-0.3, -0.25) is 0 Å². The van der Waals surface area contributed by atoms with Gasteiger partial charge in [-0.15, -0.1) is 11.3 Å². The zero-order chi connectivity index (χ0) is 16.0. The van der Waals surface area contributed by atoms with E-state index in [1.54, 1.807) is 0 Å². The molecule has 0 fully saturated rings. The SMILES string of the molecule is CC(C)(C)OC(=O)c1sc2nc(C(C)(C)C)ccc2c1N. The third-order valence-electron chi connectivity index (χ3n) is 2.95. The number of carbonyl (C=O) groups excluding carboxylic acids is 1. The lowest BCUT2D eigenvalue weighted by Gasteiger charge is -2.18. The molecule has 0 saturated carbocycles. The zero-order valence-electron chi connectivity index (χ0n) is 13.4. The second-order valence-electron chi connectivity index (χ2n) is 7.15. The molecule has 0 aliphatic heterocycles. The van der Waals surface area contributed by atoms with Gasteiger partial charge in [-0.2, -0.15) is 0 Å². The molecule has 0 spiro atoms. The van der Waals surface area contributed by atoms with Crippen LogP contribution in [0.25, 0.3) is 10.2 Å².